The minimum Gasteiger partial charge on any atom is -0.352 e. The van der Waals surface area contributed by atoms with Crippen LogP contribution in [0.4, 0.5) is 19.1 Å². The SMILES string of the molecule is C#C[C@H]1CC[C@@H](C#N)N1C(=O)CNC(C)(C)CNc1nccc(C(F)(F)F)n1. The van der Waals surface area contributed by atoms with Gasteiger partial charge in [-0.3, -0.25) is 4.79 Å². The molecule has 0 aliphatic carbocycles. The number of carbonyl (C=O) groups excluding carboxylic acids is 1. The molecule has 0 saturated carbocycles. The van der Waals surface area contributed by atoms with E-state index in [-0.39, 0.29) is 24.9 Å². The predicted octanol–water partition coefficient (Wildman–Crippen LogP) is 1.79. The normalized spacial score (nSPS) is 19.8. The number of hydrogen-bond donors (Lipinski definition) is 2. The van der Waals surface area contributed by atoms with E-state index in [4.69, 9.17) is 6.42 Å². The third kappa shape index (κ3) is 5.33. The molecular formula is C18H21F3N6O. The van der Waals surface area contributed by atoms with E-state index in [2.05, 4.69) is 32.6 Å². The molecule has 1 aromatic rings. The van der Waals surface area contributed by atoms with Gasteiger partial charge in [-0.15, -0.1) is 6.42 Å². The number of terminal acetylenes is 1. The molecule has 1 fully saturated rings. The van der Waals surface area contributed by atoms with Gasteiger partial charge < -0.3 is 15.5 Å². The zero-order valence-corrected chi connectivity index (χ0v) is 15.5. The number of anilines is 1. The van der Waals surface area contributed by atoms with Crippen LogP contribution in [0.1, 0.15) is 32.4 Å². The van der Waals surface area contributed by atoms with Crippen LogP contribution in [0.25, 0.3) is 0 Å². The van der Waals surface area contributed by atoms with Crippen LogP contribution in [0, 0.1) is 23.7 Å². The molecule has 28 heavy (non-hydrogen) atoms. The second-order valence-corrected chi connectivity index (χ2v) is 7.06. The van der Waals surface area contributed by atoms with Gasteiger partial charge in [0.25, 0.3) is 0 Å². The molecule has 1 saturated heterocycles. The van der Waals surface area contributed by atoms with Gasteiger partial charge in [-0.05, 0) is 32.8 Å². The summed E-state index contributed by atoms with van der Waals surface area (Å²) >= 11 is 0. The number of hydrogen-bond acceptors (Lipinski definition) is 6. The van der Waals surface area contributed by atoms with Gasteiger partial charge in [0.15, 0.2) is 0 Å². The van der Waals surface area contributed by atoms with Crippen LogP contribution in [-0.2, 0) is 11.0 Å². The molecule has 0 radical (unpaired) electrons. The number of amides is 1. The molecule has 10 heteroatoms. The summed E-state index contributed by atoms with van der Waals surface area (Å²) in [6.45, 7) is 3.65. The molecule has 1 aromatic heterocycles. The third-order valence-electron chi connectivity index (χ3n) is 4.37. The molecule has 1 aliphatic rings. The van der Waals surface area contributed by atoms with E-state index in [1.807, 2.05) is 0 Å². The summed E-state index contributed by atoms with van der Waals surface area (Å²) in [6, 6.07) is 1.92. The minimum atomic E-state index is -4.56. The smallest absolute Gasteiger partial charge is 0.352 e. The average molecular weight is 394 g/mol. The maximum absolute atomic E-state index is 12.7. The number of nitriles is 1. The lowest BCUT2D eigenvalue weighted by molar-refractivity contribution is -0.141. The zero-order valence-electron chi connectivity index (χ0n) is 15.5. The van der Waals surface area contributed by atoms with E-state index in [9.17, 15) is 23.2 Å². The van der Waals surface area contributed by atoms with Crippen molar-refractivity contribution >= 4 is 11.9 Å². The number of halogens is 3. The minimum absolute atomic E-state index is 0.0610. The first kappa shape index (κ1) is 21.5. The lowest BCUT2D eigenvalue weighted by atomic mass is 10.1. The standard InChI is InChI=1S/C18H21F3N6O/c1-4-12-5-6-13(9-22)27(12)15(28)10-25-17(2,3)11-24-16-23-8-7-14(26-16)18(19,20)21/h1,7-8,12-13,25H,5-6,10-11H2,2-3H3,(H,23,24,26)/t12-,13-/m0/s1. The van der Waals surface area contributed by atoms with Crippen molar-refractivity contribution in [1.29, 1.82) is 5.26 Å². The fourth-order valence-electron chi connectivity index (χ4n) is 2.82. The number of alkyl halides is 3. The Labute approximate surface area is 161 Å². The molecule has 2 heterocycles. The Morgan fingerprint density at radius 1 is 1.39 bits per heavy atom. The number of rotatable bonds is 6. The average Bonchev–Trinajstić information content (AvgIpc) is 3.07. The number of carbonyl (C=O) groups is 1. The Hall–Kier alpha value is -2.85. The van der Waals surface area contributed by atoms with Gasteiger partial charge in [-0.2, -0.15) is 18.4 Å². The first-order valence-electron chi connectivity index (χ1n) is 8.63. The predicted molar refractivity (Wildman–Crippen MR) is 95.7 cm³/mol. The van der Waals surface area contributed by atoms with E-state index < -0.39 is 29.5 Å². The molecular weight excluding hydrogens is 373 g/mol. The molecule has 2 rings (SSSR count). The van der Waals surface area contributed by atoms with Gasteiger partial charge in [-0.25, -0.2) is 9.97 Å². The van der Waals surface area contributed by atoms with E-state index in [0.717, 1.165) is 12.3 Å². The highest BCUT2D eigenvalue weighted by Crippen LogP contribution is 2.27. The Morgan fingerprint density at radius 2 is 2.07 bits per heavy atom. The van der Waals surface area contributed by atoms with Crippen molar-refractivity contribution in [2.24, 2.45) is 0 Å². The first-order chi connectivity index (χ1) is 13.1. The molecule has 1 aliphatic heterocycles. The van der Waals surface area contributed by atoms with Crippen molar-refractivity contribution in [3.63, 3.8) is 0 Å². The number of likely N-dealkylation sites (tertiary alicyclic amines) is 1. The van der Waals surface area contributed by atoms with Crippen molar-refractivity contribution in [2.75, 3.05) is 18.4 Å². The van der Waals surface area contributed by atoms with Crippen molar-refractivity contribution in [3.05, 3.63) is 18.0 Å². The van der Waals surface area contributed by atoms with E-state index >= 15 is 0 Å². The van der Waals surface area contributed by atoms with Crippen molar-refractivity contribution in [2.45, 2.75) is 50.5 Å². The largest absolute Gasteiger partial charge is 0.433 e. The summed E-state index contributed by atoms with van der Waals surface area (Å²) in [4.78, 5) is 21.1. The molecule has 2 atom stereocenters. The molecule has 1 amide bonds. The first-order valence-corrected chi connectivity index (χ1v) is 8.63. The van der Waals surface area contributed by atoms with Crippen LogP contribution in [0.15, 0.2) is 12.3 Å². The fraction of sp³-hybridized carbons (Fsp3) is 0.556. The highest BCUT2D eigenvalue weighted by Gasteiger charge is 2.36. The van der Waals surface area contributed by atoms with Crippen LogP contribution in [0.2, 0.25) is 0 Å². The number of nitrogens with one attached hydrogen (secondary N) is 2. The van der Waals surface area contributed by atoms with Crippen LogP contribution in [0.3, 0.4) is 0 Å². The van der Waals surface area contributed by atoms with Gasteiger partial charge in [0.2, 0.25) is 11.9 Å². The zero-order chi connectivity index (χ0) is 20.9. The van der Waals surface area contributed by atoms with Gasteiger partial charge in [0.1, 0.15) is 11.7 Å². The molecule has 0 unspecified atom stereocenters. The molecule has 0 spiro atoms. The lowest BCUT2D eigenvalue weighted by Gasteiger charge is -2.29. The third-order valence-corrected chi connectivity index (χ3v) is 4.37. The van der Waals surface area contributed by atoms with Crippen LogP contribution < -0.4 is 10.6 Å². The van der Waals surface area contributed by atoms with Gasteiger partial charge in [-0.1, -0.05) is 5.92 Å². The van der Waals surface area contributed by atoms with E-state index in [0.29, 0.717) is 12.8 Å². The highest BCUT2D eigenvalue weighted by molar-refractivity contribution is 5.80. The topological polar surface area (TPSA) is 93.9 Å². The Balaban J connectivity index is 1.93. The second kappa shape index (κ2) is 8.44. The highest BCUT2D eigenvalue weighted by atomic mass is 19.4. The van der Waals surface area contributed by atoms with E-state index in [1.54, 1.807) is 13.8 Å². The number of nitrogens with zero attached hydrogens (tertiary/aromatic N) is 4. The molecule has 0 aromatic carbocycles. The maximum Gasteiger partial charge on any atom is 0.433 e. The van der Waals surface area contributed by atoms with Crippen LogP contribution >= 0.6 is 0 Å². The van der Waals surface area contributed by atoms with E-state index in [1.165, 1.54) is 4.90 Å². The van der Waals surface area contributed by atoms with Gasteiger partial charge in [0.05, 0.1) is 18.7 Å². The van der Waals surface area contributed by atoms with Crippen molar-refractivity contribution in [3.8, 4) is 18.4 Å². The molecule has 2 N–H and O–H groups in total. The summed E-state index contributed by atoms with van der Waals surface area (Å²) in [7, 11) is 0. The molecule has 0 bridgehead atoms. The van der Waals surface area contributed by atoms with Crippen molar-refractivity contribution < 1.29 is 18.0 Å². The summed E-state index contributed by atoms with van der Waals surface area (Å²) in [6.07, 6.45) is 3.03. The van der Waals surface area contributed by atoms with Gasteiger partial charge >= 0.3 is 6.18 Å². The monoisotopic (exact) mass is 394 g/mol. The summed E-state index contributed by atoms with van der Waals surface area (Å²) in [5.74, 6) is 2.07. The quantitative estimate of drug-likeness (QED) is 0.715. The van der Waals surface area contributed by atoms with Crippen molar-refractivity contribution in [1.82, 2.24) is 20.2 Å². The fourth-order valence-corrected chi connectivity index (χ4v) is 2.82. The molecule has 150 valence electrons. The Morgan fingerprint density at radius 3 is 2.68 bits per heavy atom. The molecule has 7 nitrogen and oxygen atoms in total. The summed E-state index contributed by atoms with van der Waals surface area (Å²) < 4.78 is 38.1. The Bertz CT molecular complexity index is 774. The summed E-state index contributed by atoms with van der Waals surface area (Å²) in [5.41, 5.74) is -1.70. The van der Waals surface area contributed by atoms with Crippen LogP contribution in [0.5, 0.6) is 0 Å². The Kier molecular flexibility index (Phi) is 6.47. The van der Waals surface area contributed by atoms with Crippen LogP contribution in [-0.4, -0.2) is 51.5 Å². The number of aromatic nitrogens is 2. The lowest BCUT2D eigenvalue weighted by Crippen LogP contribution is -2.52. The maximum atomic E-state index is 12.7. The summed E-state index contributed by atoms with van der Waals surface area (Å²) in [5, 5.41) is 14.9. The van der Waals surface area contributed by atoms with Gasteiger partial charge in [0, 0.05) is 18.3 Å². The second-order valence-electron chi connectivity index (χ2n) is 7.06.